The fourth-order valence-electron chi connectivity index (χ4n) is 2.43. The van der Waals surface area contributed by atoms with E-state index in [0.29, 0.717) is 5.56 Å². The molecule has 0 saturated heterocycles. The second-order valence-corrected chi connectivity index (χ2v) is 4.34. The van der Waals surface area contributed by atoms with Gasteiger partial charge in [-0.1, -0.05) is 37.1 Å². The summed E-state index contributed by atoms with van der Waals surface area (Å²) < 4.78 is 0. The van der Waals surface area contributed by atoms with Crippen LogP contribution in [-0.4, -0.2) is 10.9 Å². The minimum absolute atomic E-state index is 0.0333. The van der Waals surface area contributed by atoms with Crippen molar-refractivity contribution in [2.24, 2.45) is 0 Å². The van der Waals surface area contributed by atoms with Crippen LogP contribution in [0.5, 0.6) is 0 Å². The van der Waals surface area contributed by atoms with E-state index in [0.717, 1.165) is 31.2 Å². The van der Waals surface area contributed by atoms with E-state index < -0.39 is 5.60 Å². The molecule has 1 saturated carbocycles. The highest BCUT2D eigenvalue weighted by Crippen LogP contribution is 2.39. The summed E-state index contributed by atoms with van der Waals surface area (Å²) in [5.74, 6) is 0.0333. The smallest absolute Gasteiger partial charge is 0.160 e. The van der Waals surface area contributed by atoms with Crippen LogP contribution < -0.4 is 0 Å². The maximum absolute atomic E-state index is 11.5. The number of Topliss-reactive ketones (excluding diaryl/α,β-unsaturated/α-hetero) is 1. The fourth-order valence-corrected chi connectivity index (χ4v) is 2.43. The van der Waals surface area contributed by atoms with Gasteiger partial charge in [-0.2, -0.15) is 0 Å². The average Bonchev–Trinajstić information content (AvgIpc) is 2.66. The lowest BCUT2D eigenvalue weighted by Crippen LogP contribution is -2.23. The van der Waals surface area contributed by atoms with Gasteiger partial charge in [-0.15, -0.1) is 0 Å². The van der Waals surface area contributed by atoms with Crippen LogP contribution >= 0.6 is 0 Å². The van der Waals surface area contributed by atoms with Gasteiger partial charge in [0.25, 0.3) is 0 Å². The van der Waals surface area contributed by atoms with Gasteiger partial charge in [-0.25, -0.2) is 0 Å². The molecule has 0 spiro atoms. The summed E-state index contributed by atoms with van der Waals surface area (Å²) in [5.41, 5.74) is 0.722. The zero-order valence-corrected chi connectivity index (χ0v) is 8.99. The summed E-state index contributed by atoms with van der Waals surface area (Å²) in [6.07, 6.45) is 3.64. The number of rotatable bonds is 2. The van der Waals surface area contributed by atoms with E-state index in [1.54, 1.807) is 13.0 Å². The standard InChI is InChI=1S/C13H16O2/c1-10(14)11-6-2-3-7-12(11)13(15)8-4-5-9-13/h2-3,6-7,15H,4-5,8-9H2,1H3. The molecule has 0 aliphatic heterocycles. The number of aliphatic hydroxyl groups is 1. The average molecular weight is 204 g/mol. The van der Waals surface area contributed by atoms with E-state index in [-0.39, 0.29) is 5.78 Å². The van der Waals surface area contributed by atoms with Crippen LogP contribution in [0.25, 0.3) is 0 Å². The molecule has 1 aliphatic rings. The highest BCUT2D eigenvalue weighted by Gasteiger charge is 2.35. The Morgan fingerprint density at radius 2 is 1.87 bits per heavy atom. The van der Waals surface area contributed by atoms with Crippen molar-refractivity contribution in [2.75, 3.05) is 0 Å². The first-order valence-electron chi connectivity index (χ1n) is 5.46. The lowest BCUT2D eigenvalue weighted by atomic mass is 9.87. The van der Waals surface area contributed by atoms with Crippen LogP contribution in [0.3, 0.4) is 0 Å². The first kappa shape index (κ1) is 10.4. The molecule has 1 aromatic carbocycles. The van der Waals surface area contributed by atoms with Gasteiger partial charge in [0.2, 0.25) is 0 Å². The Balaban J connectivity index is 2.47. The van der Waals surface area contributed by atoms with E-state index in [1.807, 2.05) is 18.2 Å². The van der Waals surface area contributed by atoms with Crippen LogP contribution in [0, 0.1) is 0 Å². The van der Waals surface area contributed by atoms with Gasteiger partial charge in [0, 0.05) is 5.56 Å². The molecule has 80 valence electrons. The quantitative estimate of drug-likeness (QED) is 0.752. The van der Waals surface area contributed by atoms with Crippen molar-refractivity contribution in [3.8, 4) is 0 Å². The molecule has 15 heavy (non-hydrogen) atoms. The Labute approximate surface area is 89.9 Å². The number of carbonyl (C=O) groups excluding carboxylic acids is 1. The van der Waals surface area contributed by atoms with Crippen molar-refractivity contribution in [2.45, 2.75) is 38.2 Å². The number of benzene rings is 1. The third-order valence-corrected chi connectivity index (χ3v) is 3.24. The second-order valence-electron chi connectivity index (χ2n) is 4.34. The molecule has 0 atom stereocenters. The normalized spacial score (nSPS) is 19.1. The van der Waals surface area contributed by atoms with Gasteiger partial charge in [-0.3, -0.25) is 4.79 Å². The monoisotopic (exact) mass is 204 g/mol. The molecule has 0 heterocycles. The van der Waals surface area contributed by atoms with Crippen molar-refractivity contribution in [1.82, 2.24) is 0 Å². The predicted octanol–water partition coefficient (Wildman–Crippen LogP) is 2.65. The van der Waals surface area contributed by atoms with Crippen molar-refractivity contribution in [1.29, 1.82) is 0 Å². The Morgan fingerprint density at radius 1 is 1.27 bits per heavy atom. The van der Waals surface area contributed by atoms with E-state index in [1.165, 1.54) is 0 Å². The maximum atomic E-state index is 11.5. The maximum Gasteiger partial charge on any atom is 0.160 e. The number of hydrogen-bond acceptors (Lipinski definition) is 2. The van der Waals surface area contributed by atoms with Gasteiger partial charge in [0.05, 0.1) is 5.60 Å². The van der Waals surface area contributed by atoms with Gasteiger partial charge >= 0.3 is 0 Å². The van der Waals surface area contributed by atoms with Crippen molar-refractivity contribution in [3.63, 3.8) is 0 Å². The molecular formula is C13H16O2. The summed E-state index contributed by atoms with van der Waals surface area (Å²) in [6.45, 7) is 1.55. The summed E-state index contributed by atoms with van der Waals surface area (Å²) in [5, 5.41) is 10.4. The zero-order valence-electron chi connectivity index (χ0n) is 8.99. The zero-order chi connectivity index (χ0) is 10.9. The van der Waals surface area contributed by atoms with Crippen molar-refractivity contribution < 1.29 is 9.90 Å². The highest BCUT2D eigenvalue weighted by atomic mass is 16.3. The molecule has 0 amide bonds. The highest BCUT2D eigenvalue weighted by molar-refractivity contribution is 5.95. The van der Waals surface area contributed by atoms with Crippen molar-refractivity contribution in [3.05, 3.63) is 35.4 Å². The van der Waals surface area contributed by atoms with E-state index >= 15 is 0 Å². The first-order valence-corrected chi connectivity index (χ1v) is 5.46. The molecule has 0 aromatic heterocycles. The predicted molar refractivity (Wildman–Crippen MR) is 58.8 cm³/mol. The van der Waals surface area contributed by atoms with Crippen LogP contribution in [0.2, 0.25) is 0 Å². The Morgan fingerprint density at radius 3 is 2.47 bits per heavy atom. The van der Waals surface area contributed by atoms with Crippen molar-refractivity contribution >= 4 is 5.78 Å². The molecule has 2 rings (SSSR count). The second kappa shape index (κ2) is 3.78. The first-order chi connectivity index (χ1) is 7.13. The molecule has 1 aromatic rings. The minimum atomic E-state index is -0.762. The molecule has 1 N–H and O–H groups in total. The summed E-state index contributed by atoms with van der Waals surface area (Å²) in [7, 11) is 0. The number of carbonyl (C=O) groups is 1. The minimum Gasteiger partial charge on any atom is -0.385 e. The van der Waals surface area contributed by atoms with Crippen LogP contribution in [-0.2, 0) is 5.60 Å². The molecule has 0 radical (unpaired) electrons. The summed E-state index contributed by atoms with van der Waals surface area (Å²) in [6, 6.07) is 7.41. The summed E-state index contributed by atoms with van der Waals surface area (Å²) >= 11 is 0. The Kier molecular flexibility index (Phi) is 2.61. The SMILES string of the molecule is CC(=O)c1ccccc1C1(O)CCCC1. The Bertz CT molecular complexity index is 376. The molecule has 2 heteroatoms. The van der Waals surface area contributed by atoms with Gasteiger partial charge in [-0.05, 0) is 25.3 Å². The van der Waals surface area contributed by atoms with E-state index in [4.69, 9.17) is 0 Å². The van der Waals surface area contributed by atoms with Crippen LogP contribution in [0.4, 0.5) is 0 Å². The lowest BCUT2D eigenvalue weighted by molar-refractivity contribution is 0.0432. The number of hydrogen-bond donors (Lipinski definition) is 1. The lowest BCUT2D eigenvalue weighted by Gasteiger charge is -2.24. The molecule has 0 unspecified atom stereocenters. The largest absolute Gasteiger partial charge is 0.385 e. The molecular weight excluding hydrogens is 188 g/mol. The fraction of sp³-hybridized carbons (Fsp3) is 0.462. The number of ketones is 1. The molecule has 1 fully saturated rings. The molecule has 1 aliphatic carbocycles. The van der Waals surface area contributed by atoms with Crippen LogP contribution in [0.15, 0.2) is 24.3 Å². The van der Waals surface area contributed by atoms with Gasteiger partial charge in [0.1, 0.15) is 0 Å². The topological polar surface area (TPSA) is 37.3 Å². The third kappa shape index (κ3) is 1.82. The van der Waals surface area contributed by atoms with Gasteiger partial charge < -0.3 is 5.11 Å². The van der Waals surface area contributed by atoms with Crippen LogP contribution in [0.1, 0.15) is 48.5 Å². The third-order valence-electron chi connectivity index (χ3n) is 3.24. The Hall–Kier alpha value is -1.15. The summed E-state index contributed by atoms with van der Waals surface area (Å²) in [4.78, 5) is 11.5. The molecule has 0 bridgehead atoms. The van der Waals surface area contributed by atoms with E-state index in [9.17, 15) is 9.90 Å². The van der Waals surface area contributed by atoms with E-state index in [2.05, 4.69) is 0 Å². The van der Waals surface area contributed by atoms with Gasteiger partial charge in [0.15, 0.2) is 5.78 Å². The molecule has 2 nitrogen and oxygen atoms in total.